The molecule has 8 N–H and O–H groups in total. The van der Waals surface area contributed by atoms with Crippen molar-refractivity contribution in [2.45, 2.75) is 57.7 Å². The lowest BCUT2D eigenvalue weighted by molar-refractivity contribution is -0.0935. The van der Waals surface area contributed by atoms with Crippen molar-refractivity contribution in [3.05, 3.63) is 0 Å². The van der Waals surface area contributed by atoms with E-state index < -0.39 is 5.85 Å². The summed E-state index contributed by atoms with van der Waals surface area (Å²) in [5, 5.41) is 0. The average Bonchev–Trinajstić information content (AvgIpc) is 2.12. The van der Waals surface area contributed by atoms with Gasteiger partial charge in [0.1, 0.15) is 6.23 Å². The number of nitrogens with two attached hydrogens (primary N) is 4. The number of rotatable bonds is 9. The molecular formula is C10H26N4O2. The molecule has 0 saturated carbocycles. The van der Waals surface area contributed by atoms with E-state index in [4.69, 9.17) is 32.4 Å². The van der Waals surface area contributed by atoms with E-state index in [1.54, 1.807) is 6.92 Å². The molecule has 0 aliphatic carbocycles. The molecule has 0 aromatic heterocycles. The smallest absolute Gasteiger partial charge is 0.173 e. The molecule has 16 heavy (non-hydrogen) atoms. The van der Waals surface area contributed by atoms with Crippen LogP contribution in [0, 0.1) is 0 Å². The van der Waals surface area contributed by atoms with Crippen LogP contribution in [-0.2, 0) is 9.47 Å². The van der Waals surface area contributed by atoms with Gasteiger partial charge in [0.15, 0.2) is 5.85 Å². The van der Waals surface area contributed by atoms with Crippen LogP contribution in [-0.4, -0.2) is 24.9 Å². The van der Waals surface area contributed by atoms with Gasteiger partial charge >= 0.3 is 0 Å². The van der Waals surface area contributed by atoms with E-state index in [1.165, 1.54) is 0 Å². The van der Waals surface area contributed by atoms with Gasteiger partial charge in [0.05, 0.1) is 12.8 Å². The molecule has 0 fully saturated rings. The van der Waals surface area contributed by atoms with Gasteiger partial charge < -0.3 is 20.9 Å². The molecule has 2 atom stereocenters. The maximum atomic E-state index is 5.73. The zero-order valence-corrected chi connectivity index (χ0v) is 10.3. The van der Waals surface area contributed by atoms with Crippen molar-refractivity contribution in [2.24, 2.45) is 22.9 Å². The van der Waals surface area contributed by atoms with Gasteiger partial charge in [-0.05, 0) is 13.3 Å². The van der Waals surface area contributed by atoms with E-state index in [1.807, 2.05) is 0 Å². The summed E-state index contributed by atoms with van der Waals surface area (Å²) in [6.45, 7) is 3.88. The summed E-state index contributed by atoms with van der Waals surface area (Å²) in [4.78, 5) is 0. The molecule has 98 valence electrons. The minimum absolute atomic E-state index is 0.00826. The summed E-state index contributed by atoms with van der Waals surface area (Å²) >= 11 is 0. The van der Waals surface area contributed by atoms with Gasteiger partial charge in [-0.25, -0.2) is 0 Å². The van der Waals surface area contributed by atoms with Crippen LogP contribution in [0.2, 0.25) is 0 Å². The fourth-order valence-electron chi connectivity index (χ4n) is 1.52. The molecule has 0 aromatic rings. The lowest BCUT2D eigenvalue weighted by Crippen LogP contribution is -2.55. The molecule has 0 radical (unpaired) electrons. The Balaban J connectivity index is 4.17. The first kappa shape index (κ1) is 15.8. The predicted molar refractivity (Wildman–Crippen MR) is 63.9 cm³/mol. The monoisotopic (exact) mass is 234 g/mol. The molecule has 6 heteroatoms. The third kappa shape index (κ3) is 7.98. The van der Waals surface area contributed by atoms with Crippen LogP contribution >= 0.6 is 0 Å². The second kappa shape index (κ2) is 7.94. The maximum absolute atomic E-state index is 5.73. The molecule has 2 unspecified atom stereocenters. The Hall–Kier alpha value is -0.240. The predicted octanol–water partition coefficient (Wildman–Crippen LogP) is -0.239. The summed E-state index contributed by atoms with van der Waals surface area (Å²) in [6, 6.07) is 0. The minimum atomic E-state index is -1.25. The molecular weight excluding hydrogens is 208 g/mol. The van der Waals surface area contributed by atoms with Crippen molar-refractivity contribution < 1.29 is 9.47 Å². The van der Waals surface area contributed by atoms with E-state index in [0.717, 1.165) is 19.3 Å². The summed E-state index contributed by atoms with van der Waals surface area (Å²) in [5.41, 5.74) is 22.3. The van der Waals surface area contributed by atoms with Crippen LogP contribution in [0.25, 0.3) is 0 Å². The highest BCUT2D eigenvalue weighted by molar-refractivity contribution is 4.72. The molecule has 0 amide bonds. The van der Waals surface area contributed by atoms with Gasteiger partial charge in [-0.3, -0.25) is 11.5 Å². The van der Waals surface area contributed by atoms with Crippen molar-refractivity contribution in [1.82, 2.24) is 0 Å². The first-order valence-electron chi connectivity index (χ1n) is 5.74. The van der Waals surface area contributed by atoms with Gasteiger partial charge in [-0.15, -0.1) is 0 Å². The maximum Gasteiger partial charge on any atom is 0.173 e. The fourth-order valence-corrected chi connectivity index (χ4v) is 1.52. The van der Waals surface area contributed by atoms with Crippen LogP contribution in [0.3, 0.4) is 0 Å². The topological polar surface area (TPSA) is 123 Å². The first-order valence-corrected chi connectivity index (χ1v) is 5.74. The number of unbranched alkanes of at least 4 members (excludes halogenated alkanes) is 1. The van der Waals surface area contributed by atoms with Crippen LogP contribution in [0.5, 0.6) is 0 Å². The second-order valence-corrected chi connectivity index (χ2v) is 4.08. The minimum Gasteiger partial charge on any atom is -0.360 e. The van der Waals surface area contributed by atoms with Crippen LogP contribution in [0.1, 0.15) is 39.5 Å². The number of hydrogen-bond donors (Lipinski definition) is 4. The van der Waals surface area contributed by atoms with Gasteiger partial charge in [0.25, 0.3) is 0 Å². The van der Waals surface area contributed by atoms with Crippen molar-refractivity contribution in [1.29, 1.82) is 0 Å². The van der Waals surface area contributed by atoms with Crippen molar-refractivity contribution >= 4 is 0 Å². The molecule has 0 bridgehead atoms. The number of ether oxygens (including phenoxy) is 2. The Morgan fingerprint density at radius 2 is 1.94 bits per heavy atom. The average molecular weight is 234 g/mol. The van der Waals surface area contributed by atoms with E-state index in [-0.39, 0.29) is 19.1 Å². The Labute approximate surface area is 97.6 Å². The van der Waals surface area contributed by atoms with E-state index in [2.05, 4.69) is 6.92 Å². The molecule has 0 spiro atoms. The van der Waals surface area contributed by atoms with E-state index in [9.17, 15) is 0 Å². The van der Waals surface area contributed by atoms with Gasteiger partial charge in [0, 0.05) is 6.42 Å². The Bertz CT molecular complexity index is 176. The number of hydrogen-bond acceptors (Lipinski definition) is 6. The summed E-state index contributed by atoms with van der Waals surface area (Å²) in [5.74, 6) is -1.25. The van der Waals surface area contributed by atoms with Crippen molar-refractivity contribution in [2.75, 3.05) is 6.73 Å². The Kier molecular flexibility index (Phi) is 7.82. The van der Waals surface area contributed by atoms with Gasteiger partial charge in [-0.2, -0.15) is 0 Å². The molecule has 0 aliphatic heterocycles. The standard InChI is InChI=1S/C10H26N4O2/c1-3-4-5-9(16-8(2)12)6-10(13,14)15-7-11/h8-9H,3-7,11-14H2,1-2H3. The van der Waals surface area contributed by atoms with Gasteiger partial charge in [-0.1, -0.05) is 19.8 Å². The molecule has 0 aliphatic rings. The van der Waals surface area contributed by atoms with E-state index >= 15 is 0 Å². The Morgan fingerprint density at radius 1 is 1.31 bits per heavy atom. The molecule has 0 saturated heterocycles. The summed E-state index contributed by atoms with van der Waals surface area (Å²) < 4.78 is 10.6. The van der Waals surface area contributed by atoms with Crippen molar-refractivity contribution in [3.63, 3.8) is 0 Å². The molecule has 0 aromatic carbocycles. The van der Waals surface area contributed by atoms with Crippen LogP contribution in [0.4, 0.5) is 0 Å². The highest BCUT2D eigenvalue weighted by atomic mass is 16.5. The third-order valence-electron chi connectivity index (χ3n) is 2.19. The lowest BCUT2D eigenvalue weighted by Gasteiger charge is -2.29. The summed E-state index contributed by atoms with van der Waals surface area (Å²) in [6.07, 6.45) is 2.93. The lowest BCUT2D eigenvalue weighted by atomic mass is 10.1. The highest BCUT2D eigenvalue weighted by Crippen LogP contribution is 2.15. The van der Waals surface area contributed by atoms with Crippen LogP contribution < -0.4 is 22.9 Å². The molecule has 0 rings (SSSR count). The highest BCUT2D eigenvalue weighted by Gasteiger charge is 2.25. The fraction of sp³-hybridized carbons (Fsp3) is 1.00. The first-order chi connectivity index (χ1) is 7.41. The third-order valence-corrected chi connectivity index (χ3v) is 2.19. The summed E-state index contributed by atoms with van der Waals surface area (Å²) in [7, 11) is 0. The second-order valence-electron chi connectivity index (χ2n) is 4.08. The van der Waals surface area contributed by atoms with E-state index in [0.29, 0.717) is 6.42 Å². The van der Waals surface area contributed by atoms with Gasteiger partial charge in [0.2, 0.25) is 0 Å². The molecule has 0 heterocycles. The largest absolute Gasteiger partial charge is 0.360 e. The van der Waals surface area contributed by atoms with Crippen molar-refractivity contribution in [3.8, 4) is 0 Å². The zero-order valence-electron chi connectivity index (χ0n) is 10.3. The Morgan fingerprint density at radius 3 is 2.38 bits per heavy atom. The van der Waals surface area contributed by atoms with Crippen LogP contribution in [0.15, 0.2) is 0 Å². The normalized spacial score (nSPS) is 16.1. The molecule has 6 nitrogen and oxygen atoms in total. The zero-order chi connectivity index (χ0) is 12.6. The quantitative estimate of drug-likeness (QED) is 0.408. The SMILES string of the molecule is CCCCC(CC(N)(N)OCN)OC(C)N.